The summed E-state index contributed by atoms with van der Waals surface area (Å²) in [7, 11) is 0. The SMILES string of the molecule is CCCOc1cccc(N2C(=O)C(c3ccc(C)c(C)c3)=C(N3CC(C)CC(C)C3)C2=O)c1. The summed E-state index contributed by atoms with van der Waals surface area (Å²) in [5, 5.41) is 0. The van der Waals surface area contributed by atoms with Crippen LogP contribution in [0.3, 0.4) is 0 Å². The van der Waals surface area contributed by atoms with Gasteiger partial charge in [0, 0.05) is 19.2 Å². The Morgan fingerprint density at radius 3 is 2.33 bits per heavy atom. The molecule has 174 valence electrons. The summed E-state index contributed by atoms with van der Waals surface area (Å²) in [5.41, 5.74) is 4.65. The first-order chi connectivity index (χ1) is 15.8. The lowest BCUT2D eigenvalue weighted by Crippen LogP contribution is -2.42. The van der Waals surface area contributed by atoms with Crippen LogP contribution in [-0.2, 0) is 9.59 Å². The molecule has 0 aliphatic carbocycles. The smallest absolute Gasteiger partial charge is 0.282 e. The molecule has 1 fully saturated rings. The van der Waals surface area contributed by atoms with E-state index in [1.807, 2.05) is 44.2 Å². The number of ether oxygens (including phenoxy) is 1. The molecule has 2 aromatic carbocycles. The lowest BCUT2D eigenvalue weighted by atomic mass is 9.90. The maximum atomic E-state index is 13.9. The van der Waals surface area contributed by atoms with Crippen molar-refractivity contribution in [2.75, 3.05) is 24.6 Å². The van der Waals surface area contributed by atoms with Crippen LogP contribution in [0.1, 0.15) is 50.3 Å². The number of imide groups is 1. The number of hydrogen-bond donors (Lipinski definition) is 0. The maximum absolute atomic E-state index is 13.9. The number of rotatable bonds is 6. The van der Waals surface area contributed by atoms with Gasteiger partial charge in [-0.1, -0.05) is 45.0 Å². The molecule has 2 atom stereocenters. The second-order valence-corrected chi connectivity index (χ2v) is 9.67. The third-order valence-corrected chi connectivity index (χ3v) is 6.59. The number of benzene rings is 2. The fourth-order valence-electron chi connectivity index (χ4n) is 4.98. The molecule has 0 aromatic heterocycles. The third kappa shape index (κ3) is 4.54. The lowest BCUT2D eigenvalue weighted by molar-refractivity contribution is -0.120. The van der Waals surface area contributed by atoms with E-state index in [0.717, 1.165) is 42.6 Å². The fraction of sp³-hybridized carbons (Fsp3) is 0.429. The molecule has 2 aromatic rings. The normalized spacial score (nSPS) is 21.2. The summed E-state index contributed by atoms with van der Waals surface area (Å²) >= 11 is 0. The van der Waals surface area contributed by atoms with Gasteiger partial charge in [-0.15, -0.1) is 0 Å². The van der Waals surface area contributed by atoms with E-state index in [9.17, 15) is 9.59 Å². The maximum Gasteiger partial charge on any atom is 0.282 e. The van der Waals surface area contributed by atoms with Crippen molar-refractivity contribution >= 4 is 23.1 Å². The van der Waals surface area contributed by atoms with E-state index < -0.39 is 0 Å². The highest BCUT2D eigenvalue weighted by Gasteiger charge is 2.43. The first-order valence-electron chi connectivity index (χ1n) is 12.0. The molecule has 2 heterocycles. The van der Waals surface area contributed by atoms with E-state index in [2.05, 4.69) is 25.7 Å². The van der Waals surface area contributed by atoms with Gasteiger partial charge in [-0.2, -0.15) is 0 Å². The summed E-state index contributed by atoms with van der Waals surface area (Å²) in [4.78, 5) is 31.2. The van der Waals surface area contributed by atoms with Crippen molar-refractivity contribution in [2.45, 2.75) is 47.5 Å². The first-order valence-corrected chi connectivity index (χ1v) is 12.0. The van der Waals surface area contributed by atoms with Crippen LogP contribution in [0, 0.1) is 25.7 Å². The average molecular weight is 447 g/mol. The van der Waals surface area contributed by atoms with Crippen LogP contribution < -0.4 is 9.64 Å². The second-order valence-electron chi connectivity index (χ2n) is 9.67. The van der Waals surface area contributed by atoms with E-state index in [1.54, 1.807) is 12.1 Å². The zero-order chi connectivity index (χ0) is 23.7. The topological polar surface area (TPSA) is 49.9 Å². The first kappa shape index (κ1) is 23.1. The second kappa shape index (κ2) is 9.42. The van der Waals surface area contributed by atoms with Crippen LogP contribution in [-0.4, -0.2) is 36.4 Å². The van der Waals surface area contributed by atoms with Crippen molar-refractivity contribution in [2.24, 2.45) is 11.8 Å². The monoisotopic (exact) mass is 446 g/mol. The van der Waals surface area contributed by atoms with Crippen LogP contribution in [0.2, 0.25) is 0 Å². The van der Waals surface area contributed by atoms with Crippen LogP contribution in [0.15, 0.2) is 48.2 Å². The Hall–Kier alpha value is -3.08. The van der Waals surface area contributed by atoms with Crippen molar-refractivity contribution < 1.29 is 14.3 Å². The van der Waals surface area contributed by atoms with Gasteiger partial charge in [0.15, 0.2) is 0 Å². The minimum atomic E-state index is -0.267. The highest BCUT2D eigenvalue weighted by atomic mass is 16.5. The van der Waals surface area contributed by atoms with Crippen molar-refractivity contribution in [3.05, 3.63) is 64.9 Å². The molecule has 0 bridgehead atoms. The molecule has 5 heteroatoms. The summed E-state index contributed by atoms with van der Waals surface area (Å²) in [6.07, 6.45) is 2.02. The highest BCUT2D eigenvalue weighted by molar-refractivity contribution is 6.45. The minimum Gasteiger partial charge on any atom is -0.494 e. The zero-order valence-electron chi connectivity index (χ0n) is 20.4. The Labute approximate surface area is 197 Å². The predicted molar refractivity (Wildman–Crippen MR) is 132 cm³/mol. The van der Waals surface area contributed by atoms with Gasteiger partial charge in [-0.25, -0.2) is 4.90 Å². The molecule has 0 N–H and O–H groups in total. The molecule has 2 unspecified atom stereocenters. The van der Waals surface area contributed by atoms with Crippen LogP contribution in [0.5, 0.6) is 5.75 Å². The summed E-state index contributed by atoms with van der Waals surface area (Å²) in [5.74, 6) is 1.07. The molecule has 2 amide bonds. The number of anilines is 1. The number of likely N-dealkylation sites (tertiary alicyclic amines) is 1. The molecular weight excluding hydrogens is 412 g/mol. The molecule has 0 spiro atoms. The predicted octanol–water partition coefficient (Wildman–Crippen LogP) is 5.35. The Morgan fingerprint density at radius 1 is 0.939 bits per heavy atom. The van der Waals surface area contributed by atoms with Crippen LogP contribution in [0.4, 0.5) is 5.69 Å². The van der Waals surface area contributed by atoms with Gasteiger partial charge in [-0.3, -0.25) is 9.59 Å². The van der Waals surface area contributed by atoms with Crippen LogP contribution >= 0.6 is 0 Å². The molecule has 4 rings (SSSR count). The Bertz CT molecular complexity index is 1090. The molecule has 0 saturated carbocycles. The number of amides is 2. The zero-order valence-corrected chi connectivity index (χ0v) is 20.4. The number of hydrogen-bond acceptors (Lipinski definition) is 4. The van der Waals surface area contributed by atoms with E-state index in [1.165, 1.54) is 4.90 Å². The summed E-state index contributed by atoms with van der Waals surface area (Å²) < 4.78 is 5.76. The fourth-order valence-corrected chi connectivity index (χ4v) is 4.98. The van der Waals surface area contributed by atoms with Gasteiger partial charge in [0.25, 0.3) is 11.8 Å². The van der Waals surface area contributed by atoms with Gasteiger partial charge in [-0.05, 0) is 67.3 Å². The molecule has 33 heavy (non-hydrogen) atoms. The van der Waals surface area contributed by atoms with E-state index in [0.29, 0.717) is 41.1 Å². The number of nitrogens with zero attached hydrogens (tertiary/aromatic N) is 2. The van der Waals surface area contributed by atoms with E-state index in [4.69, 9.17) is 4.74 Å². The largest absolute Gasteiger partial charge is 0.494 e. The Morgan fingerprint density at radius 2 is 1.67 bits per heavy atom. The van der Waals surface area contributed by atoms with Crippen molar-refractivity contribution in [1.82, 2.24) is 4.90 Å². The summed E-state index contributed by atoms with van der Waals surface area (Å²) in [6, 6.07) is 13.3. The summed E-state index contributed by atoms with van der Waals surface area (Å²) in [6.45, 7) is 12.7. The number of aryl methyl sites for hydroxylation is 2. The Balaban J connectivity index is 1.80. The van der Waals surface area contributed by atoms with Gasteiger partial charge in [0.05, 0.1) is 17.9 Å². The molecule has 0 radical (unpaired) electrons. The lowest BCUT2D eigenvalue weighted by Gasteiger charge is -2.37. The minimum absolute atomic E-state index is 0.248. The Kier molecular flexibility index (Phi) is 6.59. The van der Waals surface area contributed by atoms with Crippen molar-refractivity contribution in [1.29, 1.82) is 0 Å². The van der Waals surface area contributed by atoms with Crippen LogP contribution in [0.25, 0.3) is 5.57 Å². The molecule has 2 aliphatic heterocycles. The number of carbonyl (C=O) groups excluding carboxylic acids is 2. The van der Waals surface area contributed by atoms with Gasteiger partial charge < -0.3 is 9.64 Å². The molecule has 5 nitrogen and oxygen atoms in total. The van der Waals surface area contributed by atoms with E-state index >= 15 is 0 Å². The molecule has 1 saturated heterocycles. The van der Waals surface area contributed by atoms with Crippen molar-refractivity contribution in [3.8, 4) is 5.75 Å². The van der Waals surface area contributed by atoms with Crippen molar-refractivity contribution in [3.63, 3.8) is 0 Å². The van der Waals surface area contributed by atoms with Gasteiger partial charge in [0.1, 0.15) is 11.4 Å². The third-order valence-electron chi connectivity index (χ3n) is 6.59. The highest BCUT2D eigenvalue weighted by Crippen LogP contribution is 2.38. The van der Waals surface area contributed by atoms with E-state index in [-0.39, 0.29) is 11.8 Å². The number of piperidine rings is 1. The standard InChI is InChI=1S/C28H34N2O3/c1-6-12-33-24-9-7-8-23(15-24)30-27(31)25(22-11-10-20(4)21(5)14-22)26(28(30)32)29-16-18(2)13-19(3)17-29/h7-11,14-15,18-19H,6,12-13,16-17H2,1-5H3. The van der Waals surface area contributed by atoms with Gasteiger partial charge in [0.2, 0.25) is 0 Å². The number of carbonyl (C=O) groups is 2. The average Bonchev–Trinajstić information content (AvgIpc) is 3.03. The van der Waals surface area contributed by atoms with Gasteiger partial charge >= 0.3 is 0 Å². The molecule has 2 aliphatic rings. The quantitative estimate of drug-likeness (QED) is 0.561. The molecular formula is C28H34N2O3.